The molecule has 6 heteroatoms. The molecule has 2 aromatic rings. The van der Waals surface area contributed by atoms with Gasteiger partial charge in [-0.2, -0.15) is 0 Å². The lowest BCUT2D eigenvalue weighted by Crippen LogP contribution is -2.46. The molecule has 0 saturated carbocycles. The highest BCUT2D eigenvalue weighted by Crippen LogP contribution is 2.46. The van der Waals surface area contributed by atoms with E-state index in [-0.39, 0.29) is 24.5 Å². The molecule has 2 heterocycles. The van der Waals surface area contributed by atoms with Crippen molar-refractivity contribution in [2.24, 2.45) is 11.3 Å². The van der Waals surface area contributed by atoms with Crippen molar-refractivity contribution in [1.29, 1.82) is 0 Å². The van der Waals surface area contributed by atoms with Crippen LogP contribution in [-0.4, -0.2) is 66.3 Å². The average Bonchev–Trinajstić information content (AvgIpc) is 3.35. The Bertz CT molecular complexity index is 982. The minimum absolute atomic E-state index is 0.00553. The SMILES string of the molecule is CCN1CCC2(CC1)CN(C(=O)OCC1c3ccccc3-c3ccccc31)CC2C(=O)O. The number of hydrogen-bond acceptors (Lipinski definition) is 4. The molecular weight excluding hydrogens is 404 g/mol. The topological polar surface area (TPSA) is 70.1 Å². The second-order valence-corrected chi connectivity index (χ2v) is 9.37. The standard InChI is InChI=1S/C26H30N2O4/c1-2-27-13-11-26(12-14-27)17-28(15-23(26)24(29)30)25(31)32-16-22-20-9-5-3-7-18(20)19-8-4-6-10-21(19)22/h3-10,22-23H,2,11-17H2,1H3,(H,29,30). The van der Waals surface area contributed by atoms with E-state index >= 15 is 0 Å². The number of aliphatic carboxylic acids is 1. The summed E-state index contributed by atoms with van der Waals surface area (Å²) in [5.41, 5.74) is 4.39. The number of ether oxygens (including phenoxy) is 1. The molecule has 2 saturated heterocycles. The molecule has 1 unspecified atom stereocenters. The van der Waals surface area contributed by atoms with E-state index in [0.29, 0.717) is 6.54 Å². The molecule has 1 atom stereocenters. The van der Waals surface area contributed by atoms with E-state index in [9.17, 15) is 14.7 Å². The molecule has 168 valence electrons. The van der Waals surface area contributed by atoms with Crippen LogP contribution in [0.25, 0.3) is 11.1 Å². The molecule has 1 amide bonds. The van der Waals surface area contributed by atoms with E-state index in [2.05, 4.69) is 36.1 Å². The number of carboxylic acid groups (broad SMARTS) is 1. The van der Waals surface area contributed by atoms with Crippen LogP contribution in [0.3, 0.4) is 0 Å². The van der Waals surface area contributed by atoms with E-state index in [1.165, 1.54) is 22.3 Å². The van der Waals surface area contributed by atoms with Crippen molar-refractivity contribution in [3.05, 3.63) is 59.7 Å². The fourth-order valence-corrected chi connectivity index (χ4v) is 5.95. The van der Waals surface area contributed by atoms with Crippen LogP contribution in [0, 0.1) is 11.3 Å². The average molecular weight is 435 g/mol. The molecule has 32 heavy (non-hydrogen) atoms. The van der Waals surface area contributed by atoms with E-state index < -0.39 is 18.0 Å². The highest BCUT2D eigenvalue weighted by atomic mass is 16.6. The summed E-state index contributed by atoms with van der Waals surface area (Å²) >= 11 is 0. The summed E-state index contributed by atoms with van der Waals surface area (Å²) in [6, 6.07) is 16.5. The van der Waals surface area contributed by atoms with E-state index in [1.807, 2.05) is 24.3 Å². The summed E-state index contributed by atoms with van der Waals surface area (Å²) < 4.78 is 5.81. The van der Waals surface area contributed by atoms with Crippen molar-refractivity contribution < 1.29 is 19.4 Å². The molecule has 1 N–H and O–H groups in total. The van der Waals surface area contributed by atoms with Gasteiger partial charge in [0.05, 0.1) is 5.92 Å². The van der Waals surface area contributed by atoms with Gasteiger partial charge in [0.2, 0.25) is 0 Å². The smallest absolute Gasteiger partial charge is 0.409 e. The zero-order chi connectivity index (χ0) is 22.3. The van der Waals surface area contributed by atoms with Crippen molar-refractivity contribution in [3.8, 4) is 11.1 Å². The molecule has 0 bridgehead atoms. The summed E-state index contributed by atoms with van der Waals surface area (Å²) in [7, 11) is 0. The lowest BCUT2D eigenvalue weighted by Gasteiger charge is -2.40. The number of rotatable bonds is 4. The van der Waals surface area contributed by atoms with Gasteiger partial charge in [0, 0.05) is 24.4 Å². The maximum absolute atomic E-state index is 13.0. The van der Waals surface area contributed by atoms with E-state index in [0.717, 1.165) is 32.5 Å². The van der Waals surface area contributed by atoms with E-state index in [1.54, 1.807) is 4.90 Å². The van der Waals surface area contributed by atoms with Gasteiger partial charge < -0.3 is 19.6 Å². The molecule has 0 radical (unpaired) electrons. The Hall–Kier alpha value is -2.86. The quantitative estimate of drug-likeness (QED) is 0.786. The zero-order valence-corrected chi connectivity index (χ0v) is 18.5. The first-order valence-corrected chi connectivity index (χ1v) is 11.6. The Morgan fingerprint density at radius 3 is 2.19 bits per heavy atom. The van der Waals surface area contributed by atoms with Crippen LogP contribution in [0.15, 0.2) is 48.5 Å². The molecule has 5 rings (SSSR count). The maximum Gasteiger partial charge on any atom is 0.409 e. The molecule has 2 fully saturated rings. The van der Waals surface area contributed by atoms with Crippen LogP contribution in [0.1, 0.15) is 36.8 Å². The Morgan fingerprint density at radius 1 is 1.03 bits per heavy atom. The highest BCUT2D eigenvalue weighted by Gasteiger charge is 2.52. The number of carbonyl (C=O) groups is 2. The van der Waals surface area contributed by atoms with Crippen molar-refractivity contribution in [2.45, 2.75) is 25.7 Å². The Balaban J connectivity index is 1.29. The van der Waals surface area contributed by atoms with Crippen molar-refractivity contribution >= 4 is 12.1 Å². The largest absolute Gasteiger partial charge is 0.481 e. The van der Waals surface area contributed by atoms with Gasteiger partial charge in [0.25, 0.3) is 0 Å². The third-order valence-electron chi connectivity index (χ3n) is 7.84. The summed E-state index contributed by atoms with van der Waals surface area (Å²) in [5.74, 6) is -1.32. The van der Waals surface area contributed by atoms with Gasteiger partial charge in [-0.05, 0) is 54.7 Å². The van der Waals surface area contributed by atoms with E-state index in [4.69, 9.17) is 4.74 Å². The number of likely N-dealkylation sites (tertiary alicyclic amines) is 2. The molecule has 1 spiro atoms. The molecule has 1 aliphatic carbocycles. The first-order valence-electron chi connectivity index (χ1n) is 11.6. The molecule has 2 aliphatic heterocycles. The molecule has 3 aliphatic rings. The van der Waals surface area contributed by atoms with Crippen LogP contribution < -0.4 is 0 Å². The molecule has 2 aromatic carbocycles. The lowest BCUT2D eigenvalue weighted by atomic mass is 9.71. The van der Waals surface area contributed by atoms with Gasteiger partial charge in [0.1, 0.15) is 6.61 Å². The highest BCUT2D eigenvalue weighted by molar-refractivity contribution is 5.79. The fraction of sp³-hybridized carbons (Fsp3) is 0.462. The number of carboxylic acids is 1. The maximum atomic E-state index is 13.0. The predicted molar refractivity (Wildman–Crippen MR) is 122 cm³/mol. The Morgan fingerprint density at radius 2 is 1.62 bits per heavy atom. The van der Waals surface area contributed by atoms with Crippen LogP contribution >= 0.6 is 0 Å². The van der Waals surface area contributed by atoms with Gasteiger partial charge in [-0.15, -0.1) is 0 Å². The number of amides is 1. The number of fused-ring (bicyclic) bond motifs is 3. The zero-order valence-electron chi connectivity index (χ0n) is 18.5. The first-order chi connectivity index (χ1) is 15.5. The minimum atomic E-state index is -0.802. The Kier molecular flexibility index (Phi) is 5.41. The Labute approximate surface area is 188 Å². The summed E-state index contributed by atoms with van der Waals surface area (Å²) in [5, 5.41) is 9.88. The van der Waals surface area contributed by atoms with Crippen LogP contribution in [0.2, 0.25) is 0 Å². The molecule has 6 nitrogen and oxygen atoms in total. The first kappa shape index (κ1) is 21.0. The lowest BCUT2D eigenvalue weighted by molar-refractivity contribution is -0.145. The number of carbonyl (C=O) groups excluding carboxylic acids is 1. The third kappa shape index (κ3) is 3.47. The van der Waals surface area contributed by atoms with Gasteiger partial charge in [0.15, 0.2) is 0 Å². The van der Waals surface area contributed by atoms with Gasteiger partial charge in [-0.25, -0.2) is 4.79 Å². The second-order valence-electron chi connectivity index (χ2n) is 9.37. The number of nitrogens with zero attached hydrogens (tertiary/aromatic N) is 2. The van der Waals surface area contributed by atoms with Crippen LogP contribution in [-0.2, 0) is 9.53 Å². The number of piperidine rings is 1. The monoisotopic (exact) mass is 434 g/mol. The normalized spacial score (nSPS) is 22.0. The molecule has 0 aromatic heterocycles. The van der Waals surface area contributed by atoms with Gasteiger partial charge in [-0.3, -0.25) is 4.79 Å². The second kappa shape index (κ2) is 8.24. The van der Waals surface area contributed by atoms with Crippen molar-refractivity contribution in [1.82, 2.24) is 9.80 Å². The molecular formula is C26H30N2O4. The van der Waals surface area contributed by atoms with Gasteiger partial charge >= 0.3 is 12.1 Å². The van der Waals surface area contributed by atoms with Gasteiger partial charge in [-0.1, -0.05) is 55.5 Å². The van der Waals surface area contributed by atoms with Crippen LogP contribution in [0.5, 0.6) is 0 Å². The van der Waals surface area contributed by atoms with Crippen LogP contribution in [0.4, 0.5) is 4.79 Å². The van der Waals surface area contributed by atoms with Crippen molar-refractivity contribution in [3.63, 3.8) is 0 Å². The predicted octanol–water partition coefficient (Wildman–Crippen LogP) is 4.05. The summed E-state index contributed by atoms with van der Waals surface area (Å²) in [4.78, 5) is 29.1. The fourth-order valence-electron chi connectivity index (χ4n) is 5.95. The van der Waals surface area contributed by atoms with Crippen molar-refractivity contribution in [2.75, 3.05) is 39.3 Å². The number of benzene rings is 2. The summed E-state index contributed by atoms with van der Waals surface area (Å²) in [6.07, 6.45) is 1.23. The third-order valence-corrected chi connectivity index (χ3v) is 7.84. The minimum Gasteiger partial charge on any atom is -0.481 e. The summed E-state index contributed by atoms with van der Waals surface area (Å²) in [6.45, 7) is 5.85. The number of hydrogen-bond donors (Lipinski definition) is 1.